The molecule has 0 unspecified atom stereocenters. The molecular formula is C5H5N2O2. The quantitative estimate of drug-likeness (QED) is 0.530. The second-order valence-corrected chi connectivity index (χ2v) is 1.68. The maximum Gasteiger partial charge on any atom is 0.404 e. The lowest BCUT2D eigenvalue weighted by Gasteiger charge is -1.88. The van der Waals surface area contributed by atoms with Gasteiger partial charge in [0.05, 0.1) is 12.5 Å². The van der Waals surface area contributed by atoms with Crippen LogP contribution in [0.4, 0.5) is 0 Å². The standard InChI is InChI=1S/C5H5N2O2/c1-7-3-6-2-4(7)5(8)9/h2-3H,1H3. The summed E-state index contributed by atoms with van der Waals surface area (Å²) in [6.45, 7) is 0. The Balaban J connectivity index is 3.08. The third kappa shape index (κ3) is 0.910. The Kier molecular flexibility index (Phi) is 1.22. The first-order valence-electron chi connectivity index (χ1n) is 2.39. The predicted molar refractivity (Wildman–Crippen MR) is 28.2 cm³/mol. The average molecular weight is 125 g/mol. The van der Waals surface area contributed by atoms with Gasteiger partial charge in [-0.15, -0.1) is 0 Å². The second-order valence-electron chi connectivity index (χ2n) is 1.68. The van der Waals surface area contributed by atoms with E-state index in [4.69, 9.17) is 0 Å². The van der Waals surface area contributed by atoms with Crippen molar-refractivity contribution in [3.63, 3.8) is 0 Å². The van der Waals surface area contributed by atoms with Crippen molar-refractivity contribution in [1.82, 2.24) is 9.55 Å². The first kappa shape index (κ1) is 5.81. The fourth-order valence-corrected chi connectivity index (χ4v) is 0.554. The Hall–Kier alpha value is -1.32. The summed E-state index contributed by atoms with van der Waals surface area (Å²) >= 11 is 0. The number of aromatic nitrogens is 2. The minimum absolute atomic E-state index is 0.0926. The lowest BCUT2D eigenvalue weighted by molar-refractivity contribution is 0.0562. The molecule has 0 saturated carbocycles. The molecule has 1 rings (SSSR count). The summed E-state index contributed by atoms with van der Waals surface area (Å²) in [4.78, 5) is 13.7. The molecule has 0 spiro atoms. The number of aryl methyl sites for hydroxylation is 1. The number of nitrogens with zero attached hydrogens (tertiary/aromatic N) is 2. The zero-order valence-electron chi connectivity index (χ0n) is 4.87. The van der Waals surface area contributed by atoms with E-state index in [-0.39, 0.29) is 5.69 Å². The molecule has 0 atom stereocenters. The van der Waals surface area contributed by atoms with Crippen molar-refractivity contribution >= 4 is 5.97 Å². The van der Waals surface area contributed by atoms with Crippen LogP contribution >= 0.6 is 0 Å². The van der Waals surface area contributed by atoms with Crippen LogP contribution in [0, 0.1) is 0 Å². The zero-order valence-corrected chi connectivity index (χ0v) is 4.87. The number of hydrogen-bond acceptors (Lipinski definition) is 2. The summed E-state index contributed by atoms with van der Waals surface area (Å²) in [5, 5.41) is 10.1. The number of rotatable bonds is 1. The van der Waals surface area contributed by atoms with Gasteiger partial charge in [0, 0.05) is 7.05 Å². The van der Waals surface area contributed by atoms with E-state index in [1.807, 2.05) is 0 Å². The van der Waals surface area contributed by atoms with Crippen molar-refractivity contribution in [3.05, 3.63) is 18.2 Å². The van der Waals surface area contributed by atoms with E-state index in [1.54, 1.807) is 7.05 Å². The Morgan fingerprint density at radius 2 is 2.44 bits per heavy atom. The van der Waals surface area contributed by atoms with Gasteiger partial charge < -0.3 is 4.57 Å². The molecule has 1 aromatic rings. The molecule has 0 saturated heterocycles. The van der Waals surface area contributed by atoms with Crippen LogP contribution < -0.4 is 0 Å². The van der Waals surface area contributed by atoms with Crippen molar-refractivity contribution < 1.29 is 9.90 Å². The van der Waals surface area contributed by atoms with Crippen LogP contribution in [0.5, 0.6) is 0 Å². The van der Waals surface area contributed by atoms with Gasteiger partial charge in [0.25, 0.3) is 0 Å². The van der Waals surface area contributed by atoms with E-state index >= 15 is 0 Å². The van der Waals surface area contributed by atoms with Crippen molar-refractivity contribution in [2.45, 2.75) is 0 Å². The maximum atomic E-state index is 10.1. The monoisotopic (exact) mass is 125 g/mol. The van der Waals surface area contributed by atoms with Crippen LogP contribution in [0.15, 0.2) is 12.5 Å². The topological polar surface area (TPSA) is 54.8 Å². The maximum absolute atomic E-state index is 10.1. The number of carbonyl (C=O) groups is 1. The fraction of sp³-hybridized carbons (Fsp3) is 0.200. The lowest BCUT2D eigenvalue weighted by atomic mass is 10.5. The molecule has 4 heteroatoms. The molecule has 0 amide bonds. The minimum Gasteiger partial charge on any atom is -0.328 e. The van der Waals surface area contributed by atoms with Gasteiger partial charge in [-0.25, -0.2) is 14.9 Å². The van der Waals surface area contributed by atoms with E-state index in [0.29, 0.717) is 0 Å². The second kappa shape index (κ2) is 1.89. The Bertz CT molecular complexity index is 229. The third-order valence-electron chi connectivity index (χ3n) is 1.03. The van der Waals surface area contributed by atoms with Gasteiger partial charge in [-0.2, -0.15) is 0 Å². The zero-order chi connectivity index (χ0) is 6.85. The van der Waals surface area contributed by atoms with Crippen molar-refractivity contribution in [2.75, 3.05) is 0 Å². The fourth-order valence-electron chi connectivity index (χ4n) is 0.554. The minimum atomic E-state index is -1.20. The molecule has 1 aromatic heterocycles. The van der Waals surface area contributed by atoms with Crippen LogP contribution in [0.2, 0.25) is 0 Å². The highest BCUT2D eigenvalue weighted by Crippen LogP contribution is 1.94. The van der Waals surface area contributed by atoms with Gasteiger partial charge in [-0.1, -0.05) is 0 Å². The first-order chi connectivity index (χ1) is 4.22. The molecule has 0 N–H and O–H groups in total. The number of imidazole rings is 1. The molecule has 9 heavy (non-hydrogen) atoms. The summed E-state index contributed by atoms with van der Waals surface area (Å²) in [7, 11) is 1.60. The molecule has 0 fully saturated rings. The molecule has 47 valence electrons. The van der Waals surface area contributed by atoms with E-state index in [0.717, 1.165) is 0 Å². The summed E-state index contributed by atoms with van der Waals surface area (Å²) in [5.74, 6) is -1.20. The Labute approximate surface area is 51.8 Å². The normalized spacial score (nSPS) is 9.44. The summed E-state index contributed by atoms with van der Waals surface area (Å²) in [5.41, 5.74) is 0.0926. The Morgan fingerprint density at radius 3 is 2.67 bits per heavy atom. The first-order valence-corrected chi connectivity index (χ1v) is 2.39. The summed E-state index contributed by atoms with van der Waals surface area (Å²) < 4.78 is 1.38. The largest absolute Gasteiger partial charge is 0.404 e. The van der Waals surface area contributed by atoms with Crippen molar-refractivity contribution in [2.24, 2.45) is 7.05 Å². The molecule has 0 aliphatic rings. The molecule has 0 aliphatic carbocycles. The van der Waals surface area contributed by atoms with Gasteiger partial charge in [-0.05, 0) is 0 Å². The Morgan fingerprint density at radius 1 is 1.78 bits per heavy atom. The van der Waals surface area contributed by atoms with E-state index in [2.05, 4.69) is 4.98 Å². The van der Waals surface area contributed by atoms with Crippen molar-refractivity contribution in [3.8, 4) is 0 Å². The van der Waals surface area contributed by atoms with E-state index in [9.17, 15) is 9.90 Å². The smallest absolute Gasteiger partial charge is 0.328 e. The molecule has 1 heterocycles. The molecule has 0 aliphatic heterocycles. The lowest BCUT2D eigenvalue weighted by Crippen LogP contribution is -2.01. The van der Waals surface area contributed by atoms with Gasteiger partial charge >= 0.3 is 5.97 Å². The van der Waals surface area contributed by atoms with Gasteiger partial charge in [0.15, 0.2) is 5.69 Å². The SMILES string of the molecule is Cn1cncc1C([O])=O. The number of carbonyl (C=O) groups excluding carboxylic acids is 1. The van der Waals surface area contributed by atoms with E-state index < -0.39 is 5.97 Å². The van der Waals surface area contributed by atoms with Gasteiger partial charge in [0.2, 0.25) is 0 Å². The van der Waals surface area contributed by atoms with Crippen LogP contribution in [-0.4, -0.2) is 15.5 Å². The summed E-state index contributed by atoms with van der Waals surface area (Å²) in [6.07, 6.45) is 2.65. The molecule has 1 radical (unpaired) electrons. The highest BCUT2D eigenvalue weighted by atomic mass is 16.4. The van der Waals surface area contributed by atoms with Crippen LogP contribution in [0.25, 0.3) is 0 Å². The third-order valence-corrected chi connectivity index (χ3v) is 1.03. The predicted octanol–water partition coefficient (Wildman–Crippen LogP) is -0.00920. The van der Waals surface area contributed by atoms with Gasteiger partial charge in [0.1, 0.15) is 0 Å². The van der Waals surface area contributed by atoms with Crippen LogP contribution in [0.3, 0.4) is 0 Å². The van der Waals surface area contributed by atoms with Crippen molar-refractivity contribution in [1.29, 1.82) is 0 Å². The van der Waals surface area contributed by atoms with E-state index in [1.165, 1.54) is 17.1 Å². The average Bonchev–Trinajstić information content (AvgIpc) is 2.13. The highest BCUT2D eigenvalue weighted by molar-refractivity contribution is 5.84. The molecule has 4 nitrogen and oxygen atoms in total. The van der Waals surface area contributed by atoms with Crippen LogP contribution in [-0.2, 0) is 12.2 Å². The van der Waals surface area contributed by atoms with Crippen LogP contribution in [0.1, 0.15) is 10.5 Å². The molecular weight excluding hydrogens is 120 g/mol. The van der Waals surface area contributed by atoms with Gasteiger partial charge in [-0.3, -0.25) is 0 Å². The summed E-state index contributed by atoms with van der Waals surface area (Å²) in [6, 6.07) is 0. The highest BCUT2D eigenvalue weighted by Gasteiger charge is 2.07. The number of hydrogen-bond donors (Lipinski definition) is 0. The molecule has 0 bridgehead atoms. The molecule has 0 aromatic carbocycles.